The lowest BCUT2D eigenvalue weighted by Crippen LogP contribution is -2.37. The number of ether oxygens (including phenoxy) is 1. The van der Waals surface area contributed by atoms with E-state index in [0.717, 1.165) is 35.5 Å². The molecule has 0 saturated heterocycles. The number of hydrogen-bond donors (Lipinski definition) is 2. The van der Waals surface area contributed by atoms with Gasteiger partial charge in [0.05, 0.1) is 20.2 Å². The number of nitrogens with one attached hydrogen (secondary N) is 2. The lowest BCUT2D eigenvalue weighted by Gasteiger charge is -2.12. The van der Waals surface area contributed by atoms with Gasteiger partial charge in [-0.1, -0.05) is 18.2 Å². The van der Waals surface area contributed by atoms with Crippen molar-refractivity contribution in [3.8, 4) is 5.75 Å². The molecule has 0 amide bonds. The maximum absolute atomic E-state index is 5.35. The Morgan fingerprint density at radius 3 is 2.70 bits per heavy atom. The van der Waals surface area contributed by atoms with Gasteiger partial charge in [0.2, 0.25) is 0 Å². The summed E-state index contributed by atoms with van der Waals surface area (Å²) >= 11 is 0. The van der Waals surface area contributed by atoms with Gasteiger partial charge in [-0.3, -0.25) is 0 Å². The summed E-state index contributed by atoms with van der Waals surface area (Å²) in [5, 5.41) is 14.7. The van der Waals surface area contributed by atoms with E-state index in [-0.39, 0.29) is 0 Å². The van der Waals surface area contributed by atoms with E-state index in [1.807, 2.05) is 49.7 Å². The Bertz CT molecular complexity index is 664. The van der Waals surface area contributed by atoms with Crippen LogP contribution in [0, 0.1) is 6.92 Å². The minimum atomic E-state index is 0.539. The molecule has 1 heterocycles. The molecule has 2 aromatic rings. The quantitative estimate of drug-likeness (QED) is 0.622. The van der Waals surface area contributed by atoms with Gasteiger partial charge in [0.25, 0.3) is 0 Å². The van der Waals surface area contributed by atoms with E-state index < -0.39 is 0 Å². The fourth-order valence-corrected chi connectivity index (χ4v) is 2.11. The predicted molar refractivity (Wildman–Crippen MR) is 90.4 cm³/mol. The minimum absolute atomic E-state index is 0.539. The van der Waals surface area contributed by atoms with Crippen LogP contribution in [-0.4, -0.2) is 34.4 Å². The number of hydrogen-bond acceptors (Lipinski definition) is 4. The number of guanidine groups is 1. The summed E-state index contributed by atoms with van der Waals surface area (Å²) < 4.78 is 7.31. The normalized spacial score (nSPS) is 11.4. The van der Waals surface area contributed by atoms with Gasteiger partial charge >= 0.3 is 0 Å². The first-order valence-corrected chi connectivity index (χ1v) is 7.64. The van der Waals surface area contributed by atoms with Crippen LogP contribution in [0.1, 0.15) is 24.1 Å². The maximum Gasteiger partial charge on any atom is 0.191 e. The standard InChI is InChI=1S/C16H24N6O/c1-5-17-16(19-11-15-21-20-12(2)22(15)3)18-10-13-8-6-7-9-14(13)23-4/h6-9H,5,10-11H2,1-4H3,(H2,17,18,19). The van der Waals surface area contributed by atoms with Gasteiger partial charge < -0.3 is 19.9 Å². The molecule has 1 aromatic heterocycles. The third-order valence-electron chi connectivity index (χ3n) is 3.54. The third-order valence-corrected chi connectivity index (χ3v) is 3.54. The fourth-order valence-electron chi connectivity index (χ4n) is 2.11. The Balaban J connectivity index is 2.03. The van der Waals surface area contributed by atoms with Crippen molar-refractivity contribution in [2.75, 3.05) is 13.7 Å². The van der Waals surface area contributed by atoms with Gasteiger partial charge in [0, 0.05) is 19.2 Å². The molecule has 0 radical (unpaired) electrons. The molecule has 0 aliphatic heterocycles. The van der Waals surface area contributed by atoms with Crippen LogP contribution in [0.3, 0.4) is 0 Å². The molecular weight excluding hydrogens is 292 g/mol. The SMILES string of the molecule is CCNC(=NCc1ccccc1OC)NCc1nnc(C)n1C. The fraction of sp³-hybridized carbons (Fsp3) is 0.438. The first-order valence-electron chi connectivity index (χ1n) is 7.64. The molecule has 0 spiro atoms. The molecule has 1 aromatic carbocycles. The second-order valence-corrected chi connectivity index (χ2v) is 5.08. The molecule has 23 heavy (non-hydrogen) atoms. The molecule has 0 saturated carbocycles. The minimum Gasteiger partial charge on any atom is -0.496 e. The molecule has 0 aliphatic rings. The number of aliphatic imine (C=N–C) groups is 1. The van der Waals surface area contributed by atoms with E-state index in [1.165, 1.54) is 0 Å². The molecule has 7 heteroatoms. The molecule has 2 N–H and O–H groups in total. The van der Waals surface area contributed by atoms with Gasteiger partial charge in [-0.2, -0.15) is 0 Å². The molecular formula is C16H24N6O. The molecule has 124 valence electrons. The first-order chi connectivity index (χ1) is 11.2. The second kappa shape index (κ2) is 8.17. The number of aryl methyl sites for hydroxylation is 1. The largest absolute Gasteiger partial charge is 0.496 e. The van der Waals surface area contributed by atoms with E-state index >= 15 is 0 Å². The topological polar surface area (TPSA) is 76.4 Å². The van der Waals surface area contributed by atoms with E-state index in [1.54, 1.807) is 7.11 Å². The third kappa shape index (κ3) is 4.45. The second-order valence-electron chi connectivity index (χ2n) is 5.08. The van der Waals surface area contributed by atoms with Gasteiger partial charge in [-0.15, -0.1) is 10.2 Å². The molecule has 0 bridgehead atoms. The van der Waals surface area contributed by atoms with Crippen molar-refractivity contribution in [2.45, 2.75) is 26.9 Å². The summed E-state index contributed by atoms with van der Waals surface area (Å²) in [5.41, 5.74) is 1.04. The van der Waals surface area contributed by atoms with Crippen LogP contribution in [0.2, 0.25) is 0 Å². The van der Waals surface area contributed by atoms with Gasteiger partial charge in [-0.05, 0) is 19.9 Å². The average molecular weight is 316 g/mol. The van der Waals surface area contributed by atoms with Gasteiger partial charge in [0.1, 0.15) is 11.6 Å². The molecule has 0 unspecified atom stereocenters. The van der Waals surface area contributed by atoms with Crippen LogP contribution in [-0.2, 0) is 20.1 Å². The van der Waals surface area contributed by atoms with E-state index in [2.05, 4.69) is 25.8 Å². The summed E-state index contributed by atoms with van der Waals surface area (Å²) in [5.74, 6) is 3.33. The Hall–Kier alpha value is -2.57. The summed E-state index contributed by atoms with van der Waals surface area (Å²) in [6.45, 7) is 5.85. The van der Waals surface area contributed by atoms with Crippen molar-refractivity contribution in [3.05, 3.63) is 41.5 Å². The Morgan fingerprint density at radius 2 is 2.04 bits per heavy atom. The number of para-hydroxylation sites is 1. The average Bonchev–Trinajstić information content (AvgIpc) is 2.89. The van der Waals surface area contributed by atoms with Crippen LogP contribution >= 0.6 is 0 Å². The van der Waals surface area contributed by atoms with Crippen molar-refractivity contribution < 1.29 is 4.74 Å². The summed E-state index contributed by atoms with van der Waals surface area (Å²) in [4.78, 5) is 4.60. The van der Waals surface area contributed by atoms with E-state index in [9.17, 15) is 0 Å². The summed E-state index contributed by atoms with van der Waals surface area (Å²) in [6, 6.07) is 7.88. The highest BCUT2D eigenvalue weighted by atomic mass is 16.5. The number of methoxy groups -OCH3 is 1. The van der Waals surface area contributed by atoms with E-state index in [4.69, 9.17) is 4.74 Å². The van der Waals surface area contributed by atoms with Crippen molar-refractivity contribution in [3.63, 3.8) is 0 Å². The highest BCUT2D eigenvalue weighted by molar-refractivity contribution is 5.79. The molecule has 0 atom stereocenters. The number of nitrogens with zero attached hydrogens (tertiary/aromatic N) is 4. The highest BCUT2D eigenvalue weighted by Gasteiger charge is 2.06. The molecule has 2 rings (SSSR count). The molecule has 7 nitrogen and oxygen atoms in total. The summed E-state index contributed by atoms with van der Waals surface area (Å²) in [6.07, 6.45) is 0. The summed E-state index contributed by atoms with van der Waals surface area (Å²) in [7, 11) is 3.62. The van der Waals surface area contributed by atoms with Crippen molar-refractivity contribution in [1.82, 2.24) is 25.4 Å². The smallest absolute Gasteiger partial charge is 0.191 e. The zero-order chi connectivity index (χ0) is 16.7. The van der Waals surface area contributed by atoms with Crippen molar-refractivity contribution >= 4 is 5.96 Å². The van der Waals surface area contributed by atoms with Crippen LogP contribution in [0.25, 0.3) is 0 Å². The van der Waals surface area contributed by atoms with Crippen LogP contribution in [0.15, 0.2) is 29.3 Å². The lowest BCUT2D eigenvalue weighted by molar-refractivity contribution is 0.410. The Labute approximate surface area is 136 Å². The van der Waals surface area contributed by atoms with Crippen molar-refractivity contribution in [2.24, 2.45) is 12.0 Å². The van der Waals surface area contributed by atoms with Gasteiger partial charge in [0.15, 0.2) is 11.8 Å². The van der Waals surface area contributed by atoms with Crippen LogP contribution in [0.4, 0.5) is 0 Å². The monoisotopic (exact) mass is 316 g/mol. The number of rotatable bonds is 6. The predicted octanol–water partition coefficient (Wildman–Crippen LogP) is 1.39. The number of aromatic nitrogens is 3. The highest BCUT2D eigenvalue weighted by Crippen LogP contribution is 2.17. The van der Waals surface area contributed by atoms with Crippen LogP contribution in [0.5, 0.6) is 5.75 Å². The zero-order valence-electron chi connectivity index (χ0n) is 14.1. The zero-order valence-corrected chi connectivity index (χ0v) is 14.1. The van der Waals surface area contributed by atoms with Gasteiger partial charge in [-0.25, -0.2) is 4.99 Å². The molecule has 0 fully saturated rings. The number of benzene rings is 1. The molecule has 0 aliphatic carbocycles. The Kier molecular flexibility index (Phi) is 5.96. The maximum atomic E-state index is 5.35. The van der Waals surface area contributed by atoms with Crippen LogP contribution < -0.4 is 15.4 Å². The van der Waals surface area contributed by atoms with Crippen molar-refractivity contribution in [1.29, 1.82) is 0 Å². The van der Waals surface area contributed by atoms with E-state index in [0.29, 0.717) is 13.1 Å². The lowest BCUT2D eigenvalue weighted by atomic mass is 10.2. The first kappa shape index (κ1) is 16.8. The Morgan fingerprint density at radius 1 is 1.26 bits per heavy atom.